The molecule has 1 aromatic carbocycles. The second kappa shape index (κ2) is 10.5. The van der Waals surface area contributed by atoms with Crippen molar-refractivity contribution < 1.29 is 18.3 Å². The first-order valence-corrected chi connectivity index (χ1v) is 12.4. The molecule has 2 aromatic heterocycles. The standard InChI is InChI=1S/C23H25F2N9O2S/c1-27-9-13(26)11-33-12-17(31-22(35)15-10-30-34-5-2-3-29-21(15)34)20(32-33)14-7-19-16(28-4-6-37-19)8-18(14)36-23(24)25/h2-3,5,7-10,12,20,23,27-28,32H,4,6,11,26H2,1H3,(H,31,35)/b13-9-. The molecule has 0 saturated heterocycles. The highest BCUT2D eigenvalue weighted by Gasteiger charge is 2.32. The van der Waals surface area contributed by atoms with Crippen LogP contribution in [0.3, 0.4) is 0 Å². The number of amides is 1. The molecule has 11 nitrogen and oxygen atoms in total. The van der Waals surface area contributed by atoms with Gasteiger partial charge in [0.25, 0.3) is 5.91 Å². The molecule has 0 bridgehead atoms. The zero-order valence-corrected chi connectivity index (χ0v) is 20.6. The average Bonchev–Trinajstić information content (AvgIpc) is 3.47. The number of nitrogens with zero attached hydrogens (tertiary/aromatic N) is 4. The van der Waals surface area contributed by atoms with E-state index in [1.54, 1.807) is 66.8 Å². The van der Waals surface area contributed by atoms with Crippen molar-refractivity contribution >= 4 is 29.0 Å². The number of hydrogen-bond acceptors (Lipinski definition) is 10. The number of anilines is 1. The zero-order valence-electron chi connectivity index (χ0n) is 19.7. The maximum absolute atomic E-state index is 13.4. The van der Waals surface area contributed by atoms with Gasteiger partial charge < -0.3 is 31.4 Å². The summed E-state index contributed by atoms with van der Waals surface area (Å²) in [4.78, 5) is 18.4. The first-order chi connectivity index (χ1) is 17.9. The van der Waals surface area contributed by atoms with Gasteiger partial charge in [-0.2, -0.15) is 13.9 Å². The van der Waals surface area contributed by atoms with Crippen molar-refractivity contribution in [3.8, 4) is 5.75 Å². The van der Waals surface area contributed by atoms with E-state index in [1.165, 1.54) is 10.7 Å². The number of hydrogen-bond donors (Lipinski definition) is 5. The minimum atomic E-state index is -3.02. The number of benzene rings is 1. The molecular formula is C23H25F2N9O2S. The highest BCUT2D eigenvalue weighted by molar-refractivity contribution is 7.99. The van der Waals surface area contributed by atoms with Crippen LogP contribution in [0.1, 0.15) is 22.0 Å². The van der Waals surface area contributed by atoms with Gasteiger partial charge in [-0.3, -0.25) is 4.79 Å². The number of nitrogens with one attached hydrogen (secondary N) is 4. The highest BCUT2D eigenvalue weighted by Crippen LogP contribution is 2.41. The minimum absolute atomic E-state index is 0.000335. The highest BCUT2D eigenvalue weighted by atomic mass is 32.2. The van der Waals surface area contributed by atoms with Crippen LogP contribution in [0.15, 0.2) is 65.5 Å². The van der Waals surface area contributed by atoms with Crippen molar-refractivity contribution in [1.82, 2.24) is 35.7 Å². The predicted molar refractivity (Wildman–Crippen MR) is 135 cm³/mol. The van der Waals surface area contributed by atoms with Crippen molar-refractivity contribution in [2.75, 3.05) is 31.2 Å². The Hall–Kier alpha value is -4.04. The number of carbonyl (C=O) groups is 1. The first kappa shape index (κ1) is 24.6. The molecule has 3 aromatic rings. The third kappa shape index (κ3) is 5.24. The molecule has 0 saturated carbocycles. The van der Waals surface area contributed by atoms with E-state index in [1.807, 2.05) is 0 Å². The quantitative estimate of drug-likeness (QED) is 0.295. The van der Waals surface area contributed by atoms with Crippen LogP contribution in [0.25, 0.3) is 5.65 Å². The minimum Gasteiger partial charge on any atom is -0.434 e. The number of ether oxygens (including phenoxy) is 1. The van der Waals surface area contributed by atoms with E-state index in [2.05, 4.69) is 31.5 Å². The van der Waals surface area contributed by atoms with Gasteiger partial charge in [0, 0.05) is 66.4 Å². The normalized spacial score (nSPS) is 17.4. The van der Waals surface area contributed by atoms with Gasteiger partial charge in [0.15, 0.2) is 5.65 Å². The molecule has 1 atom stereocenters. The van der Waals surface area contributed by atoms with Crippen molar-refractivity contribution in [3.63, 3.8) is 0 Å². The summed E-state index contributed by atoms with van der Waals surface area (Å²) in [5.41, 5.74) is 12.1. The molecule has 2 aliphatic rings. The molecule has 1 amide bonds. The van der Waals surface area contributed by atoms with Crippen LogP contribution in [-0.4, -0.2) is 58.0 Å². The van der Waals surface area contributed by atoms with Gasteiger partial charge in [0.1, 0.15) is 11.3 Å². The molecule has 5 rings (SSSR count). The van der Waals surface area contributed by atoms with E-state index in [4.69, 9.17) is 10.5 Å². The smallest absolute Gasteiger partial charge is 0.387 e. The lowest BCUT2D eigenvalue weighted by Gasteiger charge is -2.26. The Morgan fingerprint density at radius 1 is 1.43 bits per heavy atom. The van der Waals surface area contributed by atoms with Crippen LogP contribution >= 0.6 is 11.8 Å². The summed E-state index contributed by atoms with van der Waals surface area (Å²) >= 11 is 1.61. The zero-order chi connectivity index (χ0) is 25.9. The summed E-state index contributed by atoms with van der Waals surface area (Å²) in [5.74, 6) is 0.385. The second-order valence-electron chi connectivity index (χ2n) is 8.22. The predicted octanol–water partition coefficient (Wildman–Crippen LogP) is 2.00. The second-order valence-corrected chi connectivity index (χ2v) is 9.36. The maximum atomic E-state index is 13.4. The molecule has 1 unspecified atom stereocenters. The number of thioether (sulfide) groups is 1. The molecule has 6 N–H and O–H groups in total. The lowest BCUT2D eigenvalue weighted by Crippen LogP contribution is -2.36. The number of halogens is 2. The third-order valence-corrected chi connectivity index (χ3v) is 6.74. The fourth-order valence-electron chi connectivity index (χ4n) is 4.16. The van der Waals surface area contributed by atoms with E-state index in [9.17, 15) is 13.6 Å². The summed E-state index contributed by atoms with van der Waals surface area (Å²) in [6, 6.07) is 4.37. The fraction of sp³-hybridized carbons (Fsp3) is 0.261. The molecule has 14 heteroatoms. The molecule has 194 valence electrons. The van der Waals surface area contributed by atoms with Crippen LogP contribution in [0.4, 0.5) is 14.5 Å². The number of aromatic nitrogens is 3. The maximum Gasteiger partial charge on any atom is 0.387 e. The number of nitrogens with two attached hydrogens (primary N) is 1. The first-order valence-electron chi connectivity index (χ1n) is 11.4. The summed E-state index contributed by atoms with van der Waals surface area (Å²) < 4.78 is 33.2. The van der Waals surface area contributed by atoms with Crippen molar-refractivity contribution in [2.24, 2.45) is 5.73 Å². The number of fused-ring (bicyclic) bond motifs is 2. The number of carbonyl (C=O) groups excluding carboxylic acids is 1. The van der Waals surface area contributed by atoms with Crippen molar-refractivity contribution in [2.45, 2.75) is 17.5 Å². The topological polar surface area (TPSA) is 134 Å². The van der Waals surface area contributed by atoms with Gasteiger partial charge in [-0.15, -0.1) is 11.8 Å². The lowest BCUT2D eigenvalue weighted by atomic mass is 10.0. The fourth-order valence-corrected chi connectivity index (χ4v) is 5.09. The Morgan fingerprint density at radius 3 is 3.11 bits per heavy atom. The monoisotopic (exact) mass is 529 g/mol. The van der Waals surface area contributed by atoms with E-state index in [0.717, 1.165) is 16.3 Å². The van der Waals surface area contributed by atoms with E-state index < -0.39 is 18.6 Å². The van der Waals surface area contributed by atoms with Crippen molar-refractivity contribution in [1.29, 1.82) is 0 Å². The van der Waals surface area contributed by atoms with Crippen LogP contribution in [0.5, 0.6) is 5.75 Å². The summed E-state index contributed by atoms with van der Waals surface area (Å²) in [5, 5.41) is 14.8. The Kier molecular flexibility index (Phi) is 7.01. The Balaban J connectivity index is 1.51. The van der Waals surface area contributed by atoms with E-state index in [0.29, 0.717) is 29.1 Å². The largest absolute Gasteiger partial charge is 0.434 e. The number of hydrazine groups is 1. The van der Waals surface area contributed by atoms with Crippen LogP contribution in [-0.2, 0) is 0 Å². The van der Waals surface area contributed by atoms with Crippen LogP contribution < -0.4 is 31.8 Å². The van der Waals surface area contributed by atoms with Gasteiger partial charge in [0.05, 0.1) is 30.2 Å². The SMILES string of the molecule is CN/C=C(\N)CN1C=C(NC(=O)c2cnn3cccnc23)C(c2cc3c(cc2OC(F)F)NCCS3)N1. The molecule has 0 spiro atoms. The number of rotatable bonds is 8. The summed E-state index contributed by atoms with van der Waals surface area (Å²) in [7, 11) is 1.73. The van der Waals surface area contributed by atoms with Gasteiger partial charge in [0.2, 0.25) is 0 Å². The van der Waals surface area contributed by atoms with Gasteiger partial charge in [-0.05, 0) is 12.1 Å². The Bertz CT molecular complexity index is 1380. The van der Waals surface area contributed by atoms with Gasteiger partial charge >= 0.3 is 6.61 Å². The molecular weight excluding hydrogens is 504 g/mol. The van der Waals surface area contributed by atoms with Gasteiger partial charge in [-0.1, -0.05) is 0 Å². The Morgan fingerprint density at radius 2 is 2.30 bits per heavy atom. The van der Waals surface area contributed by atoms with Gasteiger partial charge in [-0.25, -0.2) is 14.9 Å². The van der Waals surface area contributed by atoms with E-state index >= 15 is 0 Å². The molecule has 4 heterocycles. The lowest BCUT2D eigenvalue weighted by molar-refractivity contribution is -0.0507. The molecule has 37 heavy (non-hydrogen) atoms. The molecule has 2 aliphatic heterocycles. The molecule has 0 aliphatic carbocycles. The third-order valence-electron chi connectivity index (χ3n) is 5.68. The van der Waals surface area contributed by atoms with Crippen LogP contribution in [0, 0.1) is 0 Å². The summed E-state index contributed by atoms with van der Waals surface area (Å²) in [6.07, 6.45) is 7.99. The molecule has 0 radical (unpaired) electrons. The Labute approximate surface area is 215 Å². The average molecular weight is 530 g/mol. The van der Waals surface area contributed by atoms with Crippen molar-refractivity contribution in [3.05, 3.63) is 71.7 Å². The van der Waals surface area contributed by atoms with E-state index in [-0.39, 0.29) is 17.9 Å². The summed E-state index contributed by atoms with van der Waals surface area (Å²) in [6.45, 7) is -2.04. The molecule has 0 fully saturated rings. The van der Waals surface area contributed by atoms with Crippen LogP contribution in [0.2, 0.25) is 0 Å². The number of alkyl halides is 2.